The van der Waals surface area contributed by atoms with Gasteiger partial charge < -0.3 is 10.0 Å². The highest BCUT2D eigenvalue weighted by Crippen LogP contribution is 2.13. The van der Waals surface area contributed by atoms with Gasteiger partial charge in [-0.3, -0.25) is 4.79 Å². The van der Waals surface area contributed by atoms with Gasteiger partial charge in [0.15, 0.2) is 0 Å². The van der Waals surface area contributed by atoms with Gasteiger partial charge in [-0.2, -0.15) is 5.26 Å². The monoisotopic (exact) mass is 248 g/mol. The first-order chi connectivity index (χ1) is 8.43. The molecule has 0 aliphatic heterocycles. The zero-order chi connectivity index (χ0) is 13.7. The normalized spacial score (nSPS) is 10.2. The fraction of sp³-hybridized carbons (Fsp3) is 0.500. The van der Waals surface area contributed by atoms with E-state index in [2.05, 4.69) is 9.97 Å². The van der Waals surface area contributed by atoms with Crippen molar-refractivity contribution >= 4 is 11.9 Å². The third-order valence-corrected chi connectivity index (χ3v) is 2.40. The van der Waals surface area contributed by atoms with Gasteiger partial charge in [0.2, 0.25) is 5.95 Å². The van der Waals surface area contributed by atoms with Crippen molar-refractivity contribution in [2.24, 2.45) is 0 Å². The average Bonchev–Trinajstić information content (AvgIpc) is 2.27. The summed E-state index contributed by atoms with van der Waals surface area (Å²) >= 11 is 0. The average molecular weight is 248 g/mol. The highest BCUT2D eigenvalue weighted by molar-refractivity contribution is 5.67. The molecule has 1 heterocycles. The first kappa shape index (κ1) is 13.9. The Hall–Kier alpha value is -2.16. The maximum atomic E-state index is 10.6. The number of hydrogen-bond donors (Lipinski definition) is 1. The van der Waals surface area contributed by atoms with Crippen LogP contribution in [0.1, 0.15) is 31.7 Å². The lowest BCUT2D eigenvalue weighted by molar-refractivity contribution is -0.136. The molecule has 0 aliphatic rings. The predicted molar refractivity (Wildman–Crippen MR) is 66.2 cm³/mol. The Labute approximate surface area is 106 Å². The second-order valence-corrected chi connectivity index (χ2v) is 4.24. The van der Waals surface area contributed by atoms with E-state index in [1.54, 1.807) is 17.9 Å². The van der Waals surface area contributed by atoms with Crippen LogP contribution in [0.4, 0.5) is 5.95 Å². The van der Waals surface area contributed by atoms with Crippen LogP contribution < -0.4 is 4.90 Å². The second-order valence-electron chi connectivity index (χ2n) is 4.24. The van der Waals surface area contributed by atoms with E-state index in [1.807, 2.05) is 19.9 Å². The molecule has 6 nitrogen and oxygen atoms in total. The summed E-state index contributed by atoms with van der Waals surface area (Å²) in [5, 5.41) is 17.6. The summed E-state index contributed by atoms with van der Waals surface area (Å²) in [6.07, 6.45) is 0.0113. The molecule has 18 heavy (non-hydrogen) atoms. The van der Waals surface area contributed by atoms with Crippen LogP contribution in [0.5, 0.6) is 0 Å². The zero-order valence-corrected chi connectivity index (χ0v) is 10.7. The maximum Gasteiger partial charge on any atom is 0.305 e. The van der Waals surface area contributed by atoms with Crippen LogP contribution in [0.3, 0.4) is 0 Å². The topological polar surface area (TPSA) is 90.1 Å². The van der Waals surface area contributed by atoms with E-state index >= 15 is 0 Å². The van der Waals surface area contributed by atoms with Crippen LogP contribution in [0.2, 0.25) is 0 Å². The Morgan fingerprint density at radius 3 is 2.72 bits per heavy atom. The molecule has 0 saturated heterocycles. The summed E-state index contributed by atoms with van der Waals surface area (Å²) in [5.74, 6) is -0.461. The fourth-order valence-corrected chi connectivity index (χ4v) is 1.54. The van der Waals surface area contributed by atoms with Crippen molar-refractivity contribution in [3.05, 3.63) is 17.5 Å². The van der Waals surface area contributed by atoms with Gasteiger partial charge in [-0.1, -0.05) is 0 Å². The Bertz CT molecular complexity index is 479. The van der Waals surface area contributed by atoms with Gasteiger partial charge in [-0.15, -0.1) is 0 Å². The Morgan fingerprint density at radius 1 is 1.56 bits per heavy atom. The van der Waals surface area contributed by atoms with Crippen LogP contribution in [-0.4, -0.2) is 33.6 Å². The SMILES string of the molecule is Cc1cc(C#N)nc(N(CCC(=O)O)C(C)C)n1. The number of nitrogens with zero attached hydrogens (tertiary/aromatic N) is 4. The number of carbonyl (C=O) groups is 1. The molecule has 0 saturated carbocycles. The van der Waals surface area contributed by atoms with Gasteiger partial charge in [0.05, 0.1) is 6.42 Å². The molecular formula is C12H16N4O2. The molecule has 1 aromatic heterocycles. The van der Waals surface area contributed by atoms with Crippen molar-refractivity contribution in [2.45, 2.75) is 33.2 Å². The van der Waals surface area contributed by atoms with Crippen molar-refractivity contribution in [1.29, 1.82) is 5.26 Å². The molecule has 0 amide bonds. The van der Waals surface area contributed by atoms with E-state index in [4.69, 9.17) is 10.4 Å². The first-order valence-electron chi connectivity index (χ1n) is 5.68. The Balaban J connectivity index is 3.02. The van der Waals surface area contributed by atoms with E-state index in [-0.39, 0.29) is 12.5 Å². The maximum absolute atomic E-state index is 10.6. The van der Waals surface area contributed by atoms with E-state index in [0.717, 1.165) is 0 Å². The molecule has 0 atom stereocenters. The standard InChI is InChI=1S/C12H16N4O2/c1-8(2)16(5-4-11(17)18)12-14-9(3)6-10(7-13)15-12/h6,8H,4-5H2,1-3H3,(H,17,18). The van der Waals surface area contributed by atoms with Crippen LogP contribution in [0.25, 0.3) is 0 Å². The highest BCUT2D eigenvalue weighted by atomic mass is 16.4. The smallest absolute Gasteiger partial charge is 0.305 e. The largest absolute Gasteiger partial charge is 0.481 e. The lowest BCUT2D eigenvalue weighted by Gasteiger charge is -2.26. The number of carboxylic acid groups (broad SMARTS) is 1. The van der Waals surface area contributed by atoms with Crippen molar-refractivity contribution in [3.63, 3.8) is 0 Å². The number of aryl methyl sites for hydroxylation is 1. The Morgan fingerprint density at radius 2 is 2.22 bits per heavy atom. The van der Waals surface area contributed by atoms with Crippen LogP contribution in [0.15, 0.2) is 6.07 Å². The van der Waals surface area contributed by atoms with Gasteiger partial charge in [0.1, 0.15) is 11.8 Å². The third-order valence-electron chi connectivity index (χ3n) is 2.40. The minimum absolute atomic E-state index is 0.0113. The molecule has 96 valence electrons. The first-order valence-corrected chi connectivity index (χ1v) is 5.68. The molecule has 0 bridgehead atoms. The number of carboxylic acids is 1. The molecule has 6 heteroatoms. The number of aliphatic carboxylic acids is 1. The molecule has 1 N–H and O–H groups in total. The van der Waals surface area contributed by atoms with E-state index in [1.165, 1.54) is 0 Å². The minimum Gasteiger partial charge on any atom is -0.481 e. The summed E-state index contributed by atoms with van der Waals surface area (Å²) in [7, 11) is 0. The van der Waals surface area contributed by atoms with Crippen molar-refractivity contribution < 1.29 is 9.90 Å². The third kappa shape index (κ3) is 3.70. The zero-order valence-electron chi connectivity index (χ0n) is 10.7. The molecule has 0 fully saturated rings. The van der Waals surface area contributed by atoms with E-state index < -0.39 is 5.97 Å². The lowest BCUT2D eigenvalue weighted by Crippen LogP contribution is -2.34. The summed E-state index contributed by atoms with van der Waals surface area (Å²) in [6, 6.07) is 3.64. The van der Waals surface area contributed by atoms with Crippen LogP contribution in [-0.2, 0) is 4.79 Å². The lowest BCUT2D eigenvalue weighted by atomic mass is 10.3. The predicted octanol–water partition coefficient (Wildman–Crippen LogP) is 1.35. The van der Waals surface area contributed by atoms with E-state index in [9.17, 15) is 4.79 Å². The molecule has 0 spiro atoms. The number of anilines is 1. The van der Waals surface area contributed by atoms with Gasteiger partial charge in [0.25, 0.3) is 0 Å². The van der Waals surface area contributed by atoms with Crippen molar-refractivity contribution in [3.8, 4) is 6.07 Å². The fourth-order valence-electron chi connectivity index (χ4n) is 1.54. The summed E-state index contributed by atoms with van der Waals surface area (Å²) in [6.45, 7) is 5.96. The highest BCUT2D eigenvalue weighted by Gasteiger charge is 2.16. The van der Waals surface area contributed by atoms with Gasteiger partial charge in [-0.05, 0) is 26.8 Å². The minimum atomic E-state index is -0.867. The second kappa shape index (κ2) is 5.96. The molecule has 0 radical (unpaired) electrons. The summed E-state index contributed by atoms with van der Waals surface area (Å²) in [5.41, 5.74) is 0.982. The van der Waals surface area contributed by atoms with Crippen molar-refractivity contribution in [2.75, 3.05) is 11.4 Å². The molecule has 0 aromatic carbocycles. The van der Waals surface area contributed by atoms with Crippen LogP contribution >= 0.6 is 0 Å². The quantitative estimate of drug-likeness (QED) is 0.845. The number of nitriles is 1. The molecule has 1 aromatic rings. The van der Waals surface area contributed by atoms with E-state index in [0.29, 0.717) is 23.9 Å². The molecule has 1 rings (SSSR count). The summed E-state index contributed by atoms with van der Waals surface area (Å²) in [4.78, 5) is 20.8. The van der Waals surface area contributed by atoms with Crippen molar-refractivity contribution in [1.82, 2.24) is 9.97 Å². The Kier molecular flexibility index (Phi) is 4.60. The molecule has 0 unspecified atom stereocenters. The number of aromatic nitrogens is 2. The van der Waals surface area contributed by atoms with Gasteiger partial charge >= 0.3 is 5.97 Å². The van der Waals surface area contributed by atoms with Gasteiger partial charge in [-0.25, -0.2) is 9.97 Å². The molecular weight excluding hydrogens is 232 g/mol. The molecule has 0 aliphatic carbocycles. The summed E-state index contributed by atoms with van der Waals surface area (Å²) < 4.78 is 0. The van der Waals surface area contributed by atoms with Crippen LogP contribution in [0, 0.1) is 18.3 Å². The number of hydrogen-bond acceptors (Lipinski definition) is 5. The van der Waals surface area contributed by atoms with Gasteiger partial charge in [0, 0.05) is 18.3 Å². The number of rotatable bonds is 5.